The molecule has 1 aliphatic rings. The smallest absolute Gasteiger partial charge is 0.125 e. The van der Waals surface area contributed by atoms with Gasteiger partial charge in [0.05, 0.1) is 0 Å². The maximum absolute atomic E-state index is 5.69. The zero-order valence-electron chi connectivity index (χ0n) is 10.0. The average molecular weight is 219 g/mol. The van der Waals surface area contributed by atoms with E-state index in [1.54, 1.807) is 6.20 Å². The van der Waals surface area contributed by atoms with Crippen molar-refractivity contribution in [3.05, 3.63) is 18.3 Å². The van der Waals surface area contributed by atoms with Gasteiger partial charge in [-0.2, -0.15) is 0 Å². The predicted molar refractivity (Wildman–Crippen MR) is 68.5 cm³/mol. The number of rotatable bonds is 3. The number of hydrogen-bond acceptors (Lipinski definition) is 3. The second-order valence-electron chi connectivity index (χ2n) is 4.82. The molecule has 1 aliphatic carbocycles. The maximum Gasteiger partial charge on any atom is 0.125 e. The van der Waals surface area contributed by atoms with Crippen LogP contribution in [0.15, 0.2) is 18.3 Å². The first-order valence-electron chi connectivity index (χ1n) is 6.18. The molecule has 0 spiro atoms. The van der Waals surface area contributed by atoms with Crippen LogP contribution in [0.3, 0.4) is 0 Å². The quantitative estimate of drug-likeness (QED) is 0.850. The SMILES string of the molecule is CN(CC1CCCCC1)c1ccnc(N)c1. The summed E-state index contributed by atoms with van der Waals surface area (Å²) in [5, 5.41) is 0. The van der Waals surface area contributed by atoms with Gasteiger partial charge >= 0.3 is 0 Å². The second kappa shape index (κ2) is 5.19. The first-order valence-corrected chi connectivity index (χ1v) is 6.18. The Labute approximate surface area is 97.7 Å². The molecule has 2 N–H and O–H groups in total. The summed E-state index contributed by atoms with van der Waals surface area (Å²) < 4.78 is 0. The molecule has 1 heterocycles. The van der Waals surface area contributed by atoms with Gasteiger partial charge in [-0.05, 0) is 24.8 Å². The molecule has 0 amide bonds. The molecule has 3 nitrogen and oxygen atoms in total. The van der Waals surface area contributed by atoms with E-state index in [-0.39, 0.29) is 0 Å². The predicted octanol–water partition coefficient (Wildman–Crippen LogP) is 2.68. The Morgan fingerprint density at radius 2 is 2.12 bits per heavy atom. The molecule has 16 heavy (non-hydrogen) atoms. The Kier molecular flexibility index (Phi) is 3.65. The number of hydrogen-bond donors (Lipinski definition) is 1. The van der Waals surface area contributed by atoms with Crippen LogP contribution in [-0.4, -0.2) is 18.6 Å². The van der Waals surface area contributed by atoms with Crippen LogP contribution < -0.4 is 10.6 Å². The summed E-state index contributed by atoms with van der Waals surface area (Å²) in [6.45, 7) is 1.14. The largest absolute Gasteiger partial charge is 0.384 e. The summed E-state index contributed by atoms with van der Waals surface area (Å²) in [5.74, 6) is 1.46. The molecule has 0 bridgehead atoms. The van der Waals surface area contributed by atoms with E-state index in [0.717, 1.165) is 12.5 Å². The number of nitrogen functional groups attached to an aromatic ring is 1. The average Bonchev–Trinajstić information content (AvgIpc) is 2.30. The van der Waals surface area contributed by atoms with E-state index in [0.29, 0.717) is 5.82 Å². The fourth-order valence-electron chi connectivity index (χ4n) is 2.54. The van der Waals surface area contributed by atoms with E-state index in [1.807, 2.05) is 12.1 Å². The highest BCUT2D eigenvalue weighted by molar-refractivity contribution is 5.51. The standard InChI is InChI=1S/C13H21N3/c1-16(10-11-5-3-2-4-6-11)12-7-8-15-13(14)9-12/h7-9,11H,2-6,10H2,1H3,(H2,14,15). The van der Waals surface area contributed by atoms with Gasteiger partial charge in [0.2, 0.25) is 0 Å². The van der Waals surface area contributed by atoms with Crippen molar-refractivity contribution < 1.29 is 0 Å². The lowest BCUT2D eigenvalue weighted by molar-refractivity contribution is 0.362. The van der Waals surface area contributed by atoms with E-state index in [1.165, 1.54) is 37.8 Å². The van der Waals surface area contributed by atoms with Gasteiger partial charge in [0.25, 0.3) is 0 Å². The van der Waals surface area contributed by atoms with Crippen molar-refractivity contribution in [3.63, 3.8) is 0 Å². The van der Waals surface area contributed by atoms with Crippen LogP contribution in [0, 0.1) is 5.92 Å². The van der Waals surface area contributed by atoms with Crippen LogP contribution in [0.2, 0.25) is 0 Å². The molecule has 0 radical (unpaired) electrons. The minimum Gasteiger partial charge on any atom is -0.384 e. The van der Waals surface area contributed by atoms with Crippen molar-refractivity contribution in [2.45, 2.75) is 32.1 Å². The molecular formula is C13H21N3. The molecule has 0 unspecified atom stereocenters. The molecule has 1 fully saturated rings. The van der Waals surface area contributed by atoms with E-state index >= 15 is 0 Å². The molecule has 2 rings (SSSR count). The second-order valence-corrected chi connectivity index (χ2v) is 4.82. The van der Waals surface area contributed by atoms with E-state index in [2.05, 4.69) is 16.9 Å². The van der Waals surface area contributed by atoms with Crippen LogP contribution in [0.5, 0.6) is 0 Å². The summed E-state index contributed by atoms with van der Waals surface area (Å²) in [6.07, 6.45) is 8.76. The van der Waals surface area contributed by atoms with Crippen LogP contribution >= 0.6 is 0 Å². The van der Waals surface area contributed by atoms with Crippen molar-refractivity contribution in [2.75, 3.05) is 24.2 Å². The Bertz CT molecular complexity index is 332. The van der Waals surface area contributed by atoms with Gasteiger partial charge in [-0.3, -0.25) is 0 Å². The van der Waals surface area contributed by atoms with Gasteiger partial charge in [-0.1, -0.05) is 19.3 Å². The molecule has 1 saturated carbocycles. The molecule has 1 aromatic rings. The van der Waals surface area contributed by atoms with Crippen molar-refractivity contribution >= 4 is 11.5 Å². The molecule has 88 valence electrons. The van der Waals surface area contributed by atoms with E-state index < -0.39 is 0 Å². The first-order chi connectivity index (χ1) is 7.75. The van der Waals surface area contributed by atoms with Gasteiger partial charge in [0.1, 0.15) is 5.82 Å². The molecule has 0 aromatic carbocycles. The van der Waals surface area contributed by atoms with Gasteiger partial charge in [0.15, 0.2) is 0 Å². The Hall–Kier alpha value is -1.25. The monoisotopic (exact) mass is 219 g/mol. The third-order valence-electron chi connectivity index (χ3n) is 3.46. The molecule has 1 aromatic heterocycles. The van der Waals surface area contributed by atoms with Gasteiger partial charge in [-0.15, -0.1) is 0 Å². The number of pyridine rings is 1. The first kappa shape index (κ1) is 11.2. The van der Waals surface area contributed by atoms with Crippen LogP contribution in [-0.2, 0) is 0 Å². The van der Waals surface area contributed by atoms with Crippen molar-refractivity contribution in [2.24, 2.45) is 5.92 Å². The summed E-state index contributed by atoms with van der Waals surface area (Å²) in [6, 6.07) is 3.97. The Morgan fingerprint density at radius 3 is 2.81 bits per heavy atom. The van der Waals surface area contributed by atoms with Crippen molar-refractivity contribution in [3.8, 4) is 0 Å². The van der Waals surface area contributed by atoms with Crippen molar-refractivity contribution in [1.82, 2.24) is 4.98 Å². The molecular weight excluding hydrogens is 198 g/mol. The van der Waals surface area contributed by atoms with Gasteiger partial charge < -0.3 is 10.6 Å². The number of nitrogens with zero attached hydrogens (tertiary/aromatic N) is 2. The maximum atomic E-state index is 5.69. The van der Waals surface area contributed by atoms with Crippen molar-refractivity contribution in [1.29, 1.82) is 0 Å². The minimum absolute atomic E-state index is 0.605. The zero-order chi connectivity index (χ0) is 11.4. The van der Waals surface area contributed by atoms with Crippen LogP contribution in [0.4, 0.5) is 11.5 Å². The Balaban J connectivity index is 1.94. The highest BCUT2D eigenvalue weighted by Gasteiger charge is 2.15. The lowest BCUT2D eigenvalue weighted by atomic mass is 9.89. The fraction of sp³-hybridized carbons (Fsp3) is 0.615. The zero-order valence-corrected chi connectivity index (χ0v) is 10.0. The third-order valence-corrected chi connectivity index (χ3v) is 3.46. The third kappa shape index (κ3) is 2.87. The lowest BCUT2D eigenvalue weighted by Crippen LogP contribution is -2.26. The normalized spacial score (nSPS) is 17.3. The van der Waals surface area contributed by atoms with E-state index in [9.17, 15) is 0 Å². The topological polar surface area (TPSA) is 42.2 Å². The summed E-state index contributed by atoms with van der Waals surface area (Å²) >= 11 is 0. The summed E-state index contributed by atoms with van der Waals surface area (Å²) in [5.41, 5.74) is 6.87. The fourth-order valence-corrected chi connectivity index (χ4v) is 2.54. The van der Waals surface area contributed by atoms with Gasteiger partial charge in [-0.25, -0.2) is 4.98 Å². The van der Waals surface area contributed by atoms with Crippen LogP contribution in [0.1, 0.15) is 32.1 Å². The van der Waals surface area contributed by atoms with Crippen LogP contribution in [0.25, 0.3) is 0 Å². The number of nitrogens with two attached hydrogens (primary N) is 1. The van der Waals surface area contributed by atoms with E-state index in [4.69, 9.17) is 5.73 Å². The number of aromatic nitrogens is 1. The number of anilines is 2. The Morgan fingerprint density at radius 1 is 1.38 bits per heavy atom. The van der Waals surface area contributed by atoms with Gasteiger partial charge in [0, 0.05) is 31.5 Å². The highest BCUT2D eigenvalue weighted by atomic mass is 15.1. The highest BCUT2D eigenvalue weighted by Crippen LogP contribution is 2.25. The molecule has 0 saturated heterocycles. The summed E-state index contributed by atoms with van der Waals surface area (Å²) in [4.78, 5) is 6.32. The molecule has 0 aliphatic heterocycles. The summed E-state index contributed by atoms with van der Waals surface area (Å²) in [7, 11) is 2.14. The molecule has 0 atom stereocenters. The lowest BCUT2D eigenvalue weighted by Gasteiger charge is -2.28. The molecule has 3 heteroatoms. The minimum atomic E-state index is 0.605.